The number of aryl methyl sites for hydroxylation is 1. The van der Waals surface area contributed by atoms with Gasteiger partial charge in [-0.1, -0.05) is 172 Å². The summed E-state index contributed by atoms with van der Waals surface area (Å²) in [5.74, 6) is 1.72. The van der Waals surface area contributed by atoms with Crippen molar-refractivity contribution >= 4 is 77.0 Å². The second-order valence-corrected chi connectivity index (χ2v) is 21.3. The van der Waals surface area contributed by atoms with Gasteiger partial charge in [-0.25, -0.2) is 0 Å². The van der Waals surface area contributed by atoms with E-state index in [9.17, 15) is 0 Å². The topological polar surface area (TPSA) is 43.4 Å². The Labute approximate surface area is 450 Å². The van der Waals surface area contributed by atoms with Gasteiger partial charge in [0.25, 0.3) is 0 Å². The zero-order valence-corrected chi connectivity index (χ0v) is 44.4. The van der Waals surface area contributed by atoms with Crippen molar-refractivity contribution in [1.82, 2.24) is 0 Å². The van der Waals surface area contributed by atoms with Crippen molar-refractivity contribution in [2.45, 2.75) is 71.0 Å². The van der Waals surface area contributed by atoms with Crippen LogP contribution < -0.4 is 19.3 Å². The molecule has 8 aromatic carbocycles. The average Bonchev–Trinajstić information content (AvgIpc) is 4.30. The highest BCUT2D eigenvalue weighted by Gasteiger charge is 2.24. The first-order valence-electron chi connectivity index (χ1n) is 26.8. The Morgan fingerprint density at radius 3 is 1.49 bits per heavy atom. The molecule has 3 heterocycles. The van der Waals surface area contributed by atoms with Crippen LogP contribution in [0.15, 0.2) is 206 Å². The summed E-state index contributed by atoms with van der Waals surface area (Å²) in [5.41, 5.74) is 8.91. The summed E-state index contributed by atoms with van der Waals surface area (Å²) < 4.78 is 25.7. The van der Waals surface area contributed by atoms with Crippen molar-refractivity contribution < 1.29 is 18.9 Å². The molecule has 0 unspecified atom stereocenters. The highest BCUT2D eigenvalue weighted by molar-refractivity contribution is 7.20. The highest BCUT2D eigenvalue weighted by atomic mass is 32.1. The second-order valence-electron chi connectivity index (χ2n) is 19.2. The Hall–Kier alpha value is -7.20. The molecule has 0 bridgehead atoms. The van der Waals surface area contributed by atoms with Crippen LogP contribution in [0.1, 0.15) is 75.7 Å². The molecule has 1 aliphatic heterocycles. The predicted octanol–water partition coefficient (Wildman–Crippen LogP) is 19.6. The van der Waals surface area contributed by atoms with E-state index in [0.717, 1.165) is 103 Å². The zero-order valence-electron chi connectivity index (χ0n) is 42.7. The van der Waals surface area contributed by atoms with Crippen LogP contribution in [0.4, 0.5) is 32.8 Å². The fraction of sp³-hybridized carbons (Fsp3) is 0.224. The molecular formula is C67H64N2O4S2. The molecule has 0 amide bonds. The molecule has 0 atom stereocenters. The maximum atomic E-state index is 7.06. The van der Waals surface area contributed by atoms with Crippen LogP contribution in [0.3, 0.4) is 0 Å². The molecule has 0 spiro atoms. The van der Waals surface area contributed by atoms with Gasteiger partial charge >= 0.3 is 0 Å². The van der Waals surface area contributed by atoms with Gasteiger partial charge in [0.15, 0.2) is 6.29 Å². The number of anilines is 6. The van der Waals surface area contributed by atoms with Crippen molar-refractivity contribution in [2.24, 2.45) is 0 Å². The maximum absolute atomic E-state index is 7.06. The number of para-hydroxylation sites is 2. The molecule has 1 aliphatic rings. The van der Waals surface area contributed by atoms with Crippen molar-refractivity contribution in [3.05, 3.63) is 217 Å². The quantitative estimate of drug-likeness (QED) is 0.0595. The van der Waals surface area contributed by atoms with E-state index in [0.29, 0.717) is 26.4 Å². The van der Waals surface area contributed by atoms with Crippen LogP contribution >= 0.6 is 22.7 Å². The Balaban J connectivity index is 0.977. The maximum Gasteiger partial charge on any atom is 0.184 e. The summed E-state index contributed by atoms with van der Waals surface area (Å²) >= 11 is 3.56. The first-order chi connectivity index (χ1) is 37.2. The Morgan fingerprint density at radius 2 is 0.933 bits per heavy atom. The fourth-order valence-electron chi connectivity index (χ4n) is 10.2. The number of thiophene rings is 2. The average molecular weight is 1030 g/mol. The molecule has 2 aromatic heterocycles. The first-order valence-corrected chi connectivity index (χ1v) is 28.4. The molecule has 0 radical (unpaired) electrons. The molecule has 75 heavy (non-hydrogen) atoms. The van der Waals surface area contributed by atoms with Crippen LogP contribution in [0, 0.1) is 0 Å². The number of fused-ring (bicyclic) bond motifs is 2. The van der Waals surface area contributed by atoms with Crippen LogP contribution in [-0.4, -0.2) is 26.4 Å². The largest absolute Gasteiger partial charge is 0.493 e. The number of unbranched alkanes of at least 4 members (excludes halogenated alkanes) is 6. The third-order valence-corrected chi connectivity index (χ3v) is 16.2. The molecule has 378 valence electrons. The highest BCUT2D eigenvalue weighted by Crippen LogP contribution is 2.51. The molecule has 8 heteroatoms. The lowest BCUT2D eigenvalue weighted by Crippen LogP contribution is -2.08. The lowest BCUT2D eigenvalue weighted by atomic mass is 10.0. The van der Waals surface area contributed by atoms with E-state index in [-0.39, 0.29) is 6.29 Å². The van der Waals surface area contributed by atoms with E-state index in [1.165, 1.54) is 52.8 Å². The van der Waals surface area contributed by atoms with Gasteiger partial charge in [-0.15, -0.1) is 22.7 Å². The molecule has 11 rings (SSSR count). The van der Waals surface area contributed by atoms with Gasteiger partial charge < -0.3 is 28.7 Å². The van der Waals surface area contributed by atoms with E-state index >= 15 is 0 Å². The summed E-state index contributed by atoms with van der Waals surface area (Å²) in [6.07, 6.45) is 9.69. The summed E-state index contributed by atoms with van der Waals surface area (Å²) in [4.78, 5) is 7.02. The van der Waals surface area contributed by atoms with Crippen LogP contribution in [0.2, 0.25) is 0 Å². The van der Waals surface area contributed by atoms with E-state index < -0.39 is 0 Å². The lowest BCUT2D eigenvalue weighted by Gasteiger charge is -2.25. The van der Waals surface area contributed by atoms with E-state index in [1.54, 1.807) is 22.7 Å². The SMILES string of the molecule is CCCCCCCCOc1cc(-c2ccc(N(c3ccccc3)c3cccc4ccccc34)s2)c(OCCCCc2cccc(C3OCCO3)c2)cc1-c1ccc(N(c2ccccc2)c2cccc3ccccc23)s1. The summed E-state index contributed by atoms with van der Waals surface area (Å²) in [7, 11) is 0. The van der Waals surface area contributed by atoms with Gasteiger partial charge in [0.05, 0.1) is 37.8 Å². The predicted molar refractivity (Wildman–Crippen MR) is 316 cm³/mol. The molecule has 1 saturated heterocycles. The number of nitrogens with zero attached hydrogens (tertiary/aromatic N) is 2. The number of benzene rings is 8. The number of rotatable bonds is 23. The minimum atomic E-state index is -0.276. The normalized spacial score (nSPS) is 12.7. The van der Waals surface area contributed by atoms with Gasteiger partial charge in [-0.05, 0) is 115 Å². The smallest absolute Gasteiger partial charge is 0.184 e. The van der Waals surface area contributed by atoms with Gasteiger partial charge in [-0.3, -0.25) is 0 Å². The molecule has 0 saturated carbocycles. The number of hydrogen-bond donors (Lipinski definition) is 0. The first kappa shape index (κ1) is 50.0. The minimum absolute atomic E-state index is 0.276. The van der Waals surface area contributed by atoms with Crippen LogP contribution in [-0.2, 0) is 15.9 Å². The van der Waals surface area contributed by atoms with E-state index in [4.69, 9.17) is 18.9 Å². The molecule has 10 aromatic rings. The van der Waals surface area contributed by atoms with E-state index in [1.807, 2.05) is 0 Å². The molecule has 6 nitrogen and oxygen atoms in total. The molecule has 1 fully saturated rings. The number of ether oxygens (including phenoxy) is 4. The van der Waals surface area contributed by atoms with Gasteiger partial charge in [0.1, 0.15) is 21.5 Å². The fourth-order valence-corrected chi connectivity index (χ4v) is 12.3. The van der Waals surface area contributed by atoms with Crippen molar-refractivity contribution in [2.75, 3.05) is 36.2 Å². The van der Waals surface area contributed by atoms with Crippen molar-refractivity contribution in [1.29, 1.82) is 0 Å². The van der Waals surface area contributed by atoms with Crippen LogP contribution in [0.25, 0.3) is 42.4 Å². The third-order valence-electron chi connectivity index (χ3n) is 14.0. The summed E-state index contributed by atoms with van der Waals surface area (Å²) in [5, 5.41) is 7.05. The van der Waals surface area contributed by atoms with Gasteiger partial charge in [-0.2, -0.15) is 0 Å². The monoisotopic (exact) mass is 1020 g/mol. The van der Waals surface area contributed by atoms with Crippen LogP contribution in [0.5, 0.6) is 11.5 Å². The van der Waals surface area contributed by atoms with Gasteiger partial charge in [0, 0.05) is 48.6 Å². The summed E-state index contributed by atoms with van der Waals surface area (Å²) in [6, 6.07) is 74.1. The Morgan fingerprint density at radius 1 is 0.453 bits per heavy atom. The Bertz CT molecular complexity index is 3430. The molecular weight excluding hydrogens is 961 g/mol. The van der Waals surface area contributed by atoms with Gasteiger partial charge in [0.2, 0.25) is 0 Å². The number of hydrogen-bond acceptors (Lipinski definition) is 8. The van der Waals surface area contributed by atoms with Crippen molar-refractivity contribution in [3.63, 3.8) is 0 Å². The third kappa shape index (κ3) is 11.7. The second kappa shape index (κ2) is 24.4. The standard InChI is InChI=1S/C67H64N2O4S2/c1-2-3-4-5-6-18-42-70-61-47-58(64-39-41-66(75-64)69(54-32-11-8-12-33-54)60-37-22-28-51-26-14-16-35-56(51)60)62(71-43-19-17-23-49-24-20-29-52(46-49)67-72-44-45-73-67)48-57(61)63-38-40-65(74-63)68(53-30-9-7-10-31-53)59-36-21-27-50-25-13-15-34-55(50)59/h7-16,20-22,24-41,46-48,67H,2-6,17-19,23,42-45H2,1H3. The zero-order chi connectivity index (χ0) is 50.6. The lowest BCUT2D eigenvalue weighted by molar-refractivity contribution is -0.0441. The van der Waals surface area contributed by atoms with E-state index in [2.05, 4.69) is 223 Å². The minimum Gasteiger partial charge on any atom is -0.493 e. The Kier molecular flexibility index (Phi) is 16.3. The molecule has 0 N–H and O–H groups in total. The van der Waals surface area contributed by atoms with Crippen molar-refractivity contribution in [3.8, 4) is 32.4 Å². The summed E-state index contributed by atoms with van der Waals surface area (Å²) in [6.45, 7) is 4.75. The molecule has 0 aliphatic carbocycles.